The molecule has 0 N–H and O–H groups in total. The number of carbonyl (C=O) groups is 1. The number of nitrogens with zero attached hydrogens (tertiary/aromatic N) is 3. The van der Waals surface area contributed by atoms with E-state index in [0.717, 1.165) is 30.3 Å². The molecule has 1 aromatic heterocycles. The van der Waals surface area contributed by atoms with Crippen molar-refractivity contribution in [2.45, 2.75) is 19.9 Å². The molecule has 2 atom stereocenters. The second kappa shape index (κ2) is 6.43. The summed E-state index contributed by atoms with van der Waals surface area (Å²) in [7, 11) is 0. The van der Waals surface area contributed by atoms with Gasteiger partial charge in [-0.2, -0.15) is 0 Å². The van der Waals surface area contributed by atoms with Crippen LogP contribution in [0.25, 0.3) is 0 Å². The highest BCUT2D eigenvalue weighted by Gasteiger charge is 2.55. The fraction of sp³-hybridized carbons (Fsp3) is 0.400. The molecular formula is C20H21F2N3O. The summed E-state index contributed by atoms with van der Waals surface area (Å²) in [5.41, 5.74) is 1.15. The van der Waals surface area contributed by atoms with E-state index in [4.69, 9.17) is 0 Å². The number of halogens is 2. The van der Waals surface area contributed by atoms with Crippen LogP contribution in [0.1, 0.15) is 18.9 Å². The molecule has 4 rings (SSSR count). The Bertz CT molecular complexity index is 829. The second-order valence-corrected chi connectivity index (χ2v) is 7.39. The van der Waals surface area contributed by atoms with Crippen LogP contribution in [-0.2, 0) is 11.3 Å². The van der Waals surface area contributed by atoms with Gasteiger partial charge in [-0.05, 0) is 42.2 Å². The minimum Gasteiger partial charge on any atom is -0.310 e. The molecule has 0 aliphatic carbocycles. The zero-order chi connectivity index (χ0) is 18.3. The van der Waals surface area contributed by atoms with Crippen molar-refractivity contribution in [3.8, 4) is 0 Å². The van der Waals surface area contributed by atoms with Crippen LogP contribution in [0, 0.1) is 23.0 Å². The quantitative estimate of drug-likeness (QED) is 0.846. The smallest absolute Gasteiger partial charge is 0.234 e. The lowest BCUT2D eigenvalue weighted by Gasteiger charge is -2.26. The maximum Gasteiger partial charge on any atom is 0.234 e. The highest BCUT2D eigenvalue weighted by Crippen LogP contribution is 2.46. The van der Waals surface area contributed by atoms with Crippen molar-refractivity contribution in [2.24, 2.45) is 11.3 Å². The van der Waals surface area contributed by atoms with Crippen LogP contribution >= 0.6 is 0 Å². The second-order valence-electron chi connectivity index (χ2n) is 7.39. The number of pyridine rings is 1. The molecular weight excluding hydrogens is 336 g/mol. The molecule has 26 heavy (non-hydrogen) atoms. The monoisotopic (exact) mass is 357 g/mol. The Balaban J connectivity index is 1.51. The van der Waals surface area contributed by atoms with Gasteiger partial charge in [0.1, 0.15) is 0 Å². The third-order valence-corrected chi connectivity index (χ3v) is 5.78. The first-order valence-electron chi connectivity index (χ1n) is 8.88. The van der Waals surface area contributed by atoms with Gasteiger partial charge in [-0.25, -0.2) is 8.78 Å². The van der Waals surface area contributed by atoms with Crippen molar-refractivity contribution >= 4 is 11.6 Å². The Kier molecular flexibility index (Phi) is 4.23. The van der Waals surface area contributed by atoms with E-state index in [1.807, 2.05) is 17.0 Å². The minimum absolute atomic E-state index is 0.144. The van der Waals surface area contributed by atoms with Gasteiger partial charge < -0.3 is 4.90 Å². The maximum atomic E-state index is 13.5. The van der Waals surface area contributed by atoms with Gasteiger partial charge in [-0.15, -0.1) is 0 Å². The zero-order valence-electron chi connectivity index (χ0n) is 14.7. The van der Waals surface area contributed by atoms with Crippen LogP contribution < -0.4 is 4.90 Å². The summed E-state index contributed by atoms with van der Waals surface area (Å²) in [6.45, 7) is 4.72. The molecule has 2 aromatic rings. The SMILES string of the molecule is C[C@@H]1CN(Cc2ccc(F)c(F)c2)C[C@]12CCN(c1cccnc1)C2=O. The number of carbonyl (C=O) groups excluding carboxylic acids is 1. The van der Waals surface area contributed by atoms with Crippen LogP contribution in [0.15, 0.2) is 42.7 Å². The summed E-state index contributed by atoms with van der Waals surface area (Å²) in [5.74, 6) is -1.31. The van der Waals surface area contributed by atoms with E-state index < -0.39 is 17.0 Å². The minimum atomic E-state index is -0.835. The molecule has 0 radical (unpaired) electrons. The van der Waals surface area contributed by atoms with E-state index in [0.29, 0.717) is 19.6 Å². The molecule has 2 aliphatic rings. The summed E-state index contributed by atoms with van der Waals surface area (Å²) in [4.78, 5) is 21.3. The van der Waals surface area contributed by atoms with Gasteiger partial charge in [0, 0.05) is 32.4 Å². The Morgan fingerprint density at radius 2 is 2.12 bits per heavy atom. The van der Waals surface area contributed by atoms with Crippen LogP contribution in [0.2, 0.25) is 0 Å². The Morgan fingerprint density at radius 3 is 2.85 bits per heavy atom. The highest BCUT2D eigenvalue weighted by molar-refractivity contribution is 6.00. The first-order valence-corrected chi connectivity index (χ1v) is 8.88. The molecule has 1 spiro atoms. The predicted molar refractivity (Wildman–Crippen MR) is 94.4 cm³/mol. The summed E-state index contributed by atoms with van der Waals surface area (Å²) in [5, 5.41) is 0. The van der Waals surface area contributed by atoms with E-state index in [1.165, 1.54) is 6.07 Å². The zero-order valence-corrected chi connectivity index (χ0v) is 14.7. The van der Waals surface area contributed by atoms with Gasteiger partial charge in [0.25, 0.3) is 0 Å². The van der Waals surface area contributed by atoms with Gasteiger partial charge in [0.2, 0.25) is 5.91 Å². The van der Waals surface area contributed by atoms with Crippen LogP contribution in [0.5, 0.6) is 0 Å². The topological polar surface area (TPSA) is 36.4 Å². The molecule has 136 valence electrons. The molecule has 1 aromatic carbocycles. The summed E-state index contributed by atoms with van der Waals surface area (Å²) < 4.78 is 26.6. The predicted octanol–water partition coefficient (Wildman–Crippen LogP) is 3.23. The Morgan fingerprint density at radius 1 is 1.27 bits per heavy atom. The average molecular weight is 357 g/mol. The standard InChI is InChI=1S/C20H21F2N3O/c1-14-11-24(12-15-4-5-17(21)18(22)9-15)13-20(14)6-8-25(19(20)26)16-3-2-7-23-10-16/h2-5,7,9-10,14H,6,8,11-13H2,1H3/t14-,20-/m1/s1. The number of aromatic nitrogens is 1. The molecule has 6 heteroatoms. The highest BCUT2D eigenvalue weighted by atomic mass is 19.2. The van der Waals surface area contributed by atoms with Crippen molar-refractivity contribution < 1.29 is 13.6 Å². The number of rotatable bonds is 3. The van der Waals surface area contributed by atoms with E-state index in [-0.39, 0.29) is 11.8 Å². The third kappa shape index (κ3) is 2.78. The molecule has 1 amide bonds. The lowest BCUT2D eigenvalue weighted by Crippen LogP contribution is -2.39. The van der Waals surface area contributed by atoms with Crippen LogP contribution in [0.3, 0.4) is 0 Å². The molecule has 2 saturated heterocycles. The largest absolute Gasteiger partial charge is 0.310 e. The Labute approximate surface area is 151 Å². The molecule has 4 nitrogen and oxygen atoms in total. The van der Waals surface area contributed by atoms with E-state index in [9.17, 15) is 13.6 Å². The summed E-state index contributed by atoms with van der Waals surface area (Å²) in [6, 6.07) is 7.74. The number of amides is 1. The van der Waals surface area contributed by atoms with Crippen LogP contribution in [-0.4, -0.2) is 35.4 Å². The van der Waals surface area contributed by atoms with Gasteiger partial charge in [0.15, 0.2) is 11.6 Å². The van der Waals surface area contributed by atoms with E-state index >= 15 is 0 Å². The number of anilines is 1. The van der Waals surface area contributed by atoms with Crippen molar-refractivity contribution in [3.05, 3.63) is 59.9 Å². The number of benzene rings is 1. The van der Waals surface area contributed by atoms with Gasteiger partial charge >= 0.3 is 0 Å². The fourth-order valence-electron chi connectivity index (χ4n) is 4.35. The van der Waals surface area contributed by atoms with Crippen molar-refractivity contribution in [1.29, 1.82) is 0 Å². The number of hydrogen-bond donors (Lipinski definition) is 0. The lowest BCUT2D eigenvalue weighted by atomic mass is 9.78. The molecule has 0 bridgehead atoms. The van der Waals surface area contributed by atoms with E-state index in [2.05, 4.69) is 16.8 Å². The van der Waals surface area contributed by atoms with E-state index in [1.54, 1.807) is 18.5 Å². The van der Waals surface area contributed by atoms with Crippen LogP contribution in [0.4, 0.5) is 14.5 Å². The fourth-order valence-corrected chi connectivity index (χ4v) is 4.35. The average Bonchev–Trinajstić information content (AvgIpc) is 3.13. The first kappa shape index (κ1) is 17.1. The number of likely N-dealkylation sites (tertiary alicyclic amines) is 1. The van der Waals surface area contributed by atoms with Gasteiger partial charge in [0.05, 0.1) is 17.3 Å². The maximum absolute atomic E-state index is 13.5. The van der Waals surface area contributed by atoms with Crippen molar-refractivity contribution in [3.63, 3.8) is 0 Å². The molecule has 3 heterocycles. The van der Waals surface area contributed by atoms with Crippen molar-refractivity contribution in [1.82, 2.24) is 9.88 Å². The lowest BCUT2D eigenvalue weighted by molar-refractivity contribution is -0.126. The molecule has 2 aliphatic heterocycles. The van der Waals surface area contributed by atoms with Gasteiger partial charge in [-0.3, -0.25) is 14.7 Å². The molecule has 2 fully saturated rings. The van der Waals surface area contributed by atoms with Crippen molar-refractivity contribution in [2.75, 3.05) is 24.5 Å². The third-order valence-electron chi connectivity index (χ3n) is 5.78. The Hall–Kier alpha value is -2.34. The normalized spacial score (nSPS) is 26.2. The number of hydrogen-bond acceptors (Lipinski definition) is 3. The van der Waals surface area contributed by atoms with Gasteiger partial charge in [-0.1, -0.05) is 13.0 Å². The summed E-state index contributed by atoms with van der Waals surface area (Å²) >= 11 is 0. The molecule has 0 unspecified atom stereocenters. The first-order chi connectivity index (χ1) is 12.5. The molecule has 0 saturated carbocycles. The summed E-state index contributed by atoms with van der Waals surface area (Å²) in [6.07, 6.45) is 4.22.